The zero-order valence-electron chi connectivity index (χ0n) is 9.14. The highest BCUT2D eigenvalue weighted by atomic mass is 16.3. The minimum atomic E-state index is -1.14. The third-order valence-corrected chi connectivity index (χ3v) is 2.57. The van der Waals surface area contributed by atoms with Crippen LogP contribution in [0.15, 0.2) is 24.3 Å². The van der Waals surface area contributed by atoms with Crippen molar-refractivity contribution in [3.63, 3.8) is 0 Å². The van der Waals surface area contributed by atoms with Gasteiger partial charge in [-0.3, -0.25) is 4.90 Å². The first-order chi connectivity index (χ1) is 7.00. The Labute approximate surface area is 89.9 Å². The lowest BCUT2D eigenvalue weighted by molar-refractivity contribution is -0.104. The van der Waals surface area contributed by atoms with Crippen molar-refractivity contribution in [1.29, 1.82) is 0 Å². The molecule has 4 N–H and O–H groups in total. The van der Waals surface area contributed by atoms with Crippen molar-refractivity contribution >= 4 is 5.69 Å². The van der Waals surface area contributed by atoms with Crippen LogP contribution in [-0.4, -0.2) is 35.8 Å². The molecule has 1 aromatic rings. The molecule has 4 nitrogen and oxygen atoms in total. The number of rotatable bonds is 4. The van der Waals surface area contributed by atoms with Crippen molar-refractivity contribution in [3.05, 3.63) is 29.8 Å². The maximum absolute atomic E-state index is 10.4. The van der Waals surface area contributed by atoms with Gasteiger partial charge in [0.1, 0.15) is 5.72 Å². The summed E-state index contributed by atoms with van der Waals surface area (Å²) >= 11 is 0. The summed E-state index contributed by atoms with van der Waals surface area (Å²) in [7, 11) is 3.54. The summed E-state index contributed by atoms with van der Waals surface area (Å²) in [6.07, 6.45) is 0.268. The van der Waals surface area contributed by atoms with Crippen LogP contribution < -0.4 is 5.73 Å². The van der Waals surface area contributed by atoms with Crippen LogP contribution in [0.25, 0.3) is 0 Å². The van der Waals surface area contributed by atoms with Gasteiger partial charge in [0.2, 0.25) is 0 Å². The maximum Gasteiger partial charge on any atom is 0.146 e. The van der Waals surface area contributed by atoms with Gasteiger partial charge >= 0.3 is 0 Å². The first kappa shape index (κ1) is 12.0. The van der Waals surface area contributed by atoms with E-state index in [0.29, 0.717) is 5.69 Å². The van der Waals surface area contributed by atoms with Crippen LogP contribution in [0, 0.1) is 0 Å². The van der Waals surface area contributed by atoms with E-state index in [2.05, 4.69) is 0 Å². The van der Waals surface area contributed by atoms with Crippen molar-refractivity contribution in [2.24, 2.45) is 0 Å². The lowest BCUT2D eigenvalue weighted by Gasteiger charge is -2.34. The van der Waals surface area contributed by atoms with Gasteiger partial charge in [0.15, 0.2) is 0 Å². The average Bonchev–Trinajstić information content (AvgIpc) is 2.18. The molecule has 0 amide bonds. The number of nitrogens with zero attached hydrogens (tertiary/aromatic N) is 1. The summed E-state index contributed by atoms with van der Waals surface area (Å²) in [4.78, 5) is 1.68. The largest absolute Gasteiger partial charge is 0.399 e. The van der Waals surface area contributed by atoms with Gasteiger partial charge in [-0.05, 0) is 31.8 Å². The lowest BCUT2D eigenvalue weighted by atomic mass is 9.98. The number of aliphatic hydroxyl groups is 2. The quantitative estimate of drug-likeness (QED) is 0.495. The van der Waals surface area contributed by atoms with Crippen molar-refractivity contribution in [2.45, 2.75) is 12.1 Å². The summed E-state index contributed by atoms with van der Waals surface area (Å²) in [5, 5.41) is 19.3. The number of anilines is 1. The zero-order valence-corrected chi connectivity index (χ0v) is 9.14. The highest BCUT2D eigenvalue weighted by Gasteiger charge is 2.30. The number of aliphatic hydroxyl groups excluding tert-OH is 1. The van der Waals surface area contributed by atoms with Crippen LogP contribution >= 0.6 is 0 Å². The van der Waals surface area contributed by atoms with E-state index in [9.17, 15) is 5.11 Å². The lowest BCUT2D eigenvalue weighted by Crippen LogP contribution is -2.42. The molecule has 1 atom stereocenters. The predicted octanol–water partition coefficient (Wildman–Crippen LogP) is 0.358. The molecule has 0 fully saturated rings. The van der Waals surface area contributed by atoms with Crippen molar-refractivity contribution in [2.75, 3.05) is 26.4 Å². The van der Waals surface area contributed by atoms with E-state index < -0.39 is 5.72 Å². The molecular weight excluding hydrogens is 192 g/mol. The number of nitrogens with two attached hydrogens (primary N) is 1. The topological polar surface area (TPSA) is 69.7 Å². The number of benzene rings is 1. The minimum absolute atomic E-state index is 0.0704. The molecule has 0 radical (unpaired) electrons. The van der Waals surface area contributed by atoms with E-state index in [1.54, 1.807) is 43.3 Å². The number of hydrogen-bond donors (Lipinski definition) is 3. The van der Waals surface area contributed by atoms with Gasteiger partial charge in [-0.2, -0.15) is 0 Å². The fraction of sp³-hybridized carbons (Fsp3) is 0.455. The molecule has 0 bridgehead atoms. The van der Waals surface area contributed by atoms with Crippen molar-refractivity contribution < 1.29 is 10.2 Å². The molecule has 15 heavy (non-hydrogen) atoms. The Hall–Kier alpha value is -1.10. The van der Waals surface area contributed by atoms with Gasteiger partial charge in [-0.15, -0.1) is 0 Å². The summed E-state index contributed by atoms with van der Waals surface area (Å²) in [5.74, 6) is 0. The first-order valence-electron chi connectivity index (χ1n) is 4.87. The van der Waals surface area contributed by atoms with E-state index in [-0.39, 0.29) is 13.0 Å². The van der Waals surface area contributed by atoms with Gasteiger partial charge in [0.05, 0.1) is 0 Å². The van der Waals surface area contributed by atoms with Gasteiger partial charge in [0, 0.05) is 18.7 Å². The third-order valence-electron chi connectivity index (χ3n) is 2.57. The third kappa shape index (κ3) is 2.47. The fourth-order valence-corrected chi connectivity index (χ4v) is 1.53. The highest BCUT2D eigenvalue weighted by Crippen LogP contribution is 2.27. The van der Waals surface area contributed by atoms with Gasteiger partial charge in [0.25, 0.3) is 0 Å². The Morgan fingerprint density at radius 3 is 2.20 bits per heavy atom. The molecule has 0 aliphatic carbocycles. The smallest absolute Gasteiger partial charge is 0.146 e. The van der Waals surface area contributed by atoms with Crippen LogP contribution in [0.4, 0.5) is 5.69 Å². The van der Waals surface area contributed by atoms with Crippen molar-refractivity contribution in [3.8, 4) is 0 Å². The van der Waals surface area contributed by atoms with E-state index in [4.69, 9.17) is 10.8 Å². The number of hydrogen-bond acceptors (Lipinski definition) is 4. The summed E-state index contributed by atoms with van der Waals surface area (Å²) in [6, 6.07) is 7.01. The fourth-order valence-electron chi connectivity index (χ4n) is 1.53. The molecule has 0 saturated heterocycles. The molecule has 1 aromatic carbocycles. The van der Waals surface area contributed by atoms with E-state index in [1.165, 1.54) is 0 Å². The summed E-state index contributed by atoms with van der Waals surface area (Å²) in [6.45, 7) is -0.0704. The van der Waals surface area contributed by atoms with E-state index in [1.807, 2.05) is 0 Å². The molecule has 1 unspecified atom stereocenters. The van der Waals surface area contributed by atoms with Crippen LogP contribution in [0.2, 0.25) is 0 Å². The molecule has 84 valence electrons. The molecule has 0 saturated carbocycles. The Morgan fingerprint density at radius 1 is 1.27 bits per heavy atom. The second-order valence-electron chi connectivity index (χ2n) is 3.81. The minimum Gasteiger partial charge on any atom is -0.399 e. The summed E-state index contributed by atoms with van der Waals surface area (Å²) < 4.78 is 0. The van der Waals surface area contributed by atoms with Gasteiger partial charge in [-0.1, -0.05) is 12.1 Å². The molecule has 4 heteroatoms. The maximum atomic E-state index is 10.4. The highest BCUT2D eigenvalue weighted by molar-refractivity contribution is 5.40. The SMILES string of the molecule is CN(C)C(O)(CCO)c1ccc(N)cc1. The van der Waals surface area contributed by atoms with Crippen LogP contribution in [0.5, 0.6) is 0 Å². The molecule has 1 rings (SSSR count). The summed E-state index contributed by atoms with van der Waals surface area (Å²) in [5.41, 5.74) is 5.83. The average molecular weight is 210 g/mol. The Bertz CT molecular complexity index is 311. The van der Waals surface area contributed by atoms with Gasteiger partial charge < -0.3 is 15.9 Å². The predicted molar refractivity (Wildman–Crippen MR) is 60.1 cm³/mol. The zero-order chi connectivity index (χ0) is 11.5. The van der Waals surface area contributed by atoms with Crippen LogP contribution in [0.3, 0.4) is 0 Å². The van der Waals surface area contributed by atoms with Gasteiger partial charge in [-0.25, -0.2) is 0 Å². The molecule has 0 spiro atoms. The normalized spacial score (nSPS) is 15.3. The second-order valence-corrected chi connectivity index (χ2v) is 3.81. The standard InChI is InChI=1S/C11H18N2O2/c1-13(2)11(15,7-8-14)9-3-5-10(12)6-4-9/h3-6,14-15H,7-8,12H2,1-2H3. The Balaban J connectivity index is 3.04. The van der Waals surface area contributed by atoms with Crippen LogP contribution in [0.1, 0.15) is 12.0 Å². The molecule has 0 heterocycles. The van der Waals surface area contributed by atoms with E-state index in [0.717, 1.165) is 5.56 Å². The Morgan fingerprint density at radius 2 is 1.80 bits per heavy atom. The second kappa shape index (κ2) is 4.61. The first-order valence-corrected chi connectivity index (χ1v) is 4.87. The number of nitrogen functional groups attached to an aromatic ring is 1. The van der Waals surface area contributed by atoms with Crippen molar-refractivity contribution in [1.82, 2.24) is 4.90 Å². The monoisotopic (exact) mass is 210 g/mol. The Kier molecular flexibility index (Phi) is 3.68. The van der Waals surface area contributed by atoms with Crippen LogP contribution in [-0.2, 0) is 5.72 Å². The molecule has 0 aliphatic rings. The molecule has 0 aromatic heterocycles. The molecular formula is C11H18N2O2. The molecule has 0 aliphatic heterocycles. The van der Waals surface area contributed by atoms with E-state index >= 15 is 0 Å².